The van der Waals surface area contributed by atoms with Gasteiger partial charge in [0, 0.05) is 18.7 Å². The predicted octanol–water partition coefficient (Wildman–Crippen LogP) is 0.895. The van der Waals surface area contributed by atoms with Crippen molar-refractivity contribution in [1.29, 1.82) is 0 Å². The molecule has 9 heavy (non-hydrogen) atoms. The van der Waals surface area contributed by atoms with Gasteiger partial charge in [-0.2, -0.15) is 0 Å². The number of carbonyl (C=O) groups is 1. The van der Waals surface area contributed by atoms with E-state index in [0.29, 0.717) is 6.04 Å². The highest BCUT2D eigenvalue weighted by atomic mass is 16.2. The average Bonchev–Trinajstić information content (AvgIpc) is 2.08. The zero-order valence-electron chi connectivity index (χ0n) is 5.42. The molecule has 2 rings (SSSR count). The van der Waals surface area contributed by atoms with Crippen molar-refractivity contribution in [3.05, 3.63) is 11.8 Å². The van der Waals surface area contributed by atoms with Gasteiger partial charge in [0.1, 0.15) is 0 Å². The molecule has 1 fully saturated rings. The maximum atomic E-state index is 10.7. The number of nitrogens with zero attached hydrogens (tertiary/aromatic N) is 1. The van der Waals surface area contributed by atoms with Gasteiger partial charge in [0.05, 0.1) is 0 Å². The van der Waals surface area contributed by atoms with Crippen molar-refractivity contribution in [2.75, 3.05) is 0 Å². The summed E-state index contributed by atoms with van der Waals surface area (Å²) in [5.74, 6) is 0.289. The van der Waals surface area contributed by atoms with Gasteiger partial charge in [-0.25, -0.2) is 0 Å². The summed E-state index contributed by atoms with van der Waals surface area (Å²) in [6.45, 7) is 2.08. The molecule has 0 unspecified atom stereocenters. The van der Waals surface area contributed by atoms with Crippen LogP contribution in [0.4, 0.5) is 0 Å². The van der Waals surface area contributed by atoms with E-state index in [4.69, 9.17) is 0 Å². The van der Waals surface area contributed by atoms with E-state index < -0.39 is 0 Å². The van der Waals surface area contributed by atoms with Crippen LogP contribution in [0.3, 0.4) is 0 Å². The van der Waals surface area contributed by atoms with Crippen LogP contribution >= 0.6 is 0 Å². The van der Waals surface area contributed by atoms with Crippen molar-refractivity contribution >= 4 is 5.91 Å². The normalized spacial score (nSPS) is 31.7. The van der Waals surface area contributed by atoms with Crippen LogP contribution in [0.2, 0.25) is 0 Å². The average molecular weight is 123 g/mol. The maximum absolute atomic E-state index is 10.7. The first kappa shape index (κ1) is 5.03. The summed E-state index contributed by atoms with van der Waals surface area (Å²) in [6.07, 6.45) is 3.84. The molecule has 0 saturated carbocycles. The first-order valence-electron chi connectivity index (χ1n) is 3.26. The minimum Gasteiger partial charge on any atom is -0.315 e. The molecule has 0 aliphatic carbocycles. The van der Waals surface area contributed by atoms with E-state index in [1.54, 1.807) is 0 Å². The first-order valence-corrected chi connectivity index (χ1v) is 3.26. The number of rotatable bonds is 0. The Morgan fingerprint density at radius 3 is 2.89 bits per heavy atom. The fourth-order valence-electron chi connectivity index (χ4n) is 1.51. The van der Waals surface area contributed by atoms with E-state index in [1.807, 2.05) is 11.1 Å². The molecular formula is C7H9NO. The number of hydrogen-bond acceptors (Lipinski definition) is 1. The molecule has 0 radical (unpaired) electrons. The zero-order chi connectivity index (χ0) is 6.43. The summed E-state index contributed by atoms with van der Waals surface area (Å²) in [4.78, 5) is 12.6. The lowest BCUT2D eigenvalue weighted by molar-refractivity contribution is -0.140. The number of fused-ring (bicyclic) bond motifs is 1. The lowest BCUT2D eigenvalue weighted by atomic mass is 10.0. The fourth-order valence-corrected chi connectivity index (χ4v) is 1.51. The van der Waals surface area contributed by atoms with Gasteiger partial charge in [-0.05, 0) is 13.3 Å². The third-order valence-electron chi connectivity index (χ3n) is 2.01. The van der Waals surface area contributed by atoms with E-state index in [1.165, 1.54) is 5.57 Å². The number of carbonyl (C=O) groups excluding carboxylic acids is 1. The van der Waals surface area contributed by atoms with Crippen LogP contribution in [0.25, 0.3) is 0 Å². The molecule has 2 heteroatoms. The van der Waals surface area contributed by atoms with Crippen molar-refractivity contribution in [2.24, 2.45) is 0 Å². The van der Waals surface area contributed by atoms with Crippen molar-refractivity contribution < 1.29 is 4.79 Å². The zero-order valence-corrected chi connectivity index (χ0v) is 5.42. The summed E-state index contributed by atoms with van der Waals surface area (Å²) in [6, 6.07) is 0.539. The molecule has 0 aromatic carbocycles. The quantitative estimate of drug-likeness (QED) is 0.438. The van der Waals surface area contributed by atoms with Gasteiger partial charge in [-0.15, -0.1) is 0 Å². The van der Waals surface area contributed by atoms with E-state index >= 15 is 0 Å². The second kappa shape index (κ2) is 1.38. The van der Waals surface area contributed by atoms with Gasteiger partial charge in [0.25, 0.3) is 0 Å². The third kappa shape index (κ3) is 0.530. The van der Waals surface area contributed by atoms with Gasteiger partial charge in [-0.3, -0.25) is 4.79 Å². The summed E-state index contributed by atoms with van der Waals surface area (Å²) in [5.41, 5.74) is 1.34. The Labute approximate surface area is 54.1 Å². The summed E-state index contributed by atoms with van der Waals surface area (Å²) < 4.78 is 0. The third-order valence-corrected chi connectivity index (χ3v) is 2.01. The van der Waals surface area contributed by atoms with E-state index in [-0.39, 0.29) is 5.91 Å². The molecule has 0 bridgehead atoms. The SMILES string of the molecule is CC1=CN2C(=O)C[C@H]2C1. The van der Waals surface area contributed by atoms with Crippen molar-refractivity contribution in [2.45, 2.75) is 25.8 Å². The molecular weight excluding hydrogens is 114 g/mol. The Morgan fingerprint density at radius 1 is 1.67 bits per heavy atom. The van der Waals surface area contributed by atoms with Crippen LogP contribution in [0, 0.1) is 0 Å². The van der Waals surface area contributed by atoms with Gasteiger partial charge in [-0.1, -0.05) is 5.57 Å². The van der Waals surface area contributed by atoms with Crippen LogP contribution < -0.4 is 0 Å². The smallest absolute Gasteiger partial charge is 0.228 e. The topological polar surface area (TPSA) is 20.3 Å². The largest absolute Gasteiger partial charge is 0.315 e. The number of amides is 1. The predicted molar refractivity (Wildman–Crippen MR) is 33.6 cm³/mol. The Kier molecular flexibility index (Phi) is 0.770. The monoisotopic (exact) mass is 123 g/mol. The lowest BCUT2D eigenvalue weighted by Crippen LogP contribution is -2.45. The lowest BCUT2D eigenvalue weighted by Gasteiger charge is -2.32. The van der Waals surface area contributed by atoms with Crippen molar-refractivity contribution in [1.82, 2.24) is 4.90 Å². The number of β-lactam (4-membered cyclic amide) rings is 1. The standard InChI is InChI=1S/C7H9NO/c1-5-2-6-3-7(9)8(6)4-5/h4,6H,2-3H2,1H3/t6-/m1/s1. The van der Waals surface area contributed by atoms with Crippen molar-refractivity contribution in [3.63, 3.8) is 0 Å². The van der Waals surface area contributed by atoms with Gasteiger partial charge >= 0.3 is 0 Å². The highest BCUT2D eigenvalue weighted by Crippen LogP contribution is 2.31. The molecule has 2 heterocycles. The Balaban J connectivity index is 2.21. The molecule has 1 amide bonds. The number of hydrogen-bond donors (Lipinski definition) is 0. The van der Waals surface area contributed by atoms with Crippen molar-refractivity contribution in [3.8, 4) is 0 Å². The van der Waals surface area contributed by atoms with Crippen LogP contribution in [-0.4, -0.2) is 16.8 Å². The molecule has 0 aromatic rings. The highest BCUT2D eigenvalue weighted by Gasteiger charge is 2.38. The van der Waals surface area contributed by atoms with Crippen LogP contribution in [-0.2, 0) is 4.79 Å². The maximum Gasteiger partial charge on any atom is 0.228 e. The molecule has 0 aromatic heterocycles. The summed E-state index contributed by atoms with van der Waals surface area (Å²) in [5, 5.41) is 0. The first-order chi connectivity index (χ1) is 4.27. The Bertz CT molecular complexity index is 195. The molecule has 0 N–H and O–H groups in total. The van der Waals surface area contributed by atoms with Crippen LogP contribution in [0.5, 0.6) is 0 Å². The van der Waals surface area contributed by atoms with Crippen LogP contribution in [0.15, 0.2) is 11.8 Å². The summed E-state index contributed by atoms with van der Waals surface area (Å²) >= 11 is 0. The van der Waals surface area contributed by atoms with Gasteiger partial charge < -0.3 is 4.90 Å². The highest BCUT2D eigenvalue weighted by molar-refractivity contribution is 5.85. The summed E-state index contributed by atoms with van der Waals surface area (Å²) in [7, 11) is 0. The van der Waals surface area contributed by atoms with Gasteiger partial charge in [0.2, 0.25) is 5.91 Å². The second-order valence-electron chi connectivity index (χ2n) is 2.84. The molecule has 48 valence electrons. The molecule has 2 aliphatic rings. The van der Waals surface area contributed by atoms with Crippen LogP contribution in [0.1, 0.15) is 19.8 Å². The fraction of sp³-hybridized carbons (Fsp3) is 0.571. The minimum absolute atomic E-state index is 0.289. The van der Waals surface area contributed by atoms with Gasteiger partial charge in [0.15, 0.2) is 0 Å². The second-order valence-corrected chi connectivity index (χ2v) is 2.84. The van der Waals surface area contributed by atoms with E-state index in [0.717, 1.165) is 12.8 Å². The molecule has 2 nitrogen and oxygen atoms in total. The molecule has 2 aliphatic heterocycles. The Hall–Kier alpha value is -0.790. The Morgan fingerprint density at radius 2 is 2.44 bits per heavy atom. The molecule has 1 saturated heterocycles. The van der Waals surface area contributed by atoms with E-state index in [2.05, 4.69) is 6.92 Å². The molecule has 0 spiro atoms. The minimum atomic E-state index is 0.289. The molecule has 1 atom stereocenters. The van der Waals surface area contributed by atoms with E-state index in [9.17, 15) is 4.79 Å².